The van der Waals surface area contributed by atoms with Crippen LogP contribution in [0.1, 0.15) is 39.0 Å². The van der Waals surface area contributed by atoms with Crippen LogP contribution in [0, 0.1) is 0 Å². The molecule has 0 aromatic heterocycles. The van der Waals surface area contributed by atoms with Gasteiger partial charge in [0.05, 0.1) is 26.2 Å². The van der Waals surface area contributed by atoms with Crippen LogP contribution < -0.4 is 14.4 Å². The Kier molecular flexibility index (Phi) is 6.40. The molecule has 0 aliphatic carbocycles. The number of amides is 2. The van der Waals surface area contributed by atoms with E-state index in [1.54, 1.807) is 20.3 Å². The first kappa shape index (κ1) is 24.6. The molecule has 3 aromatic rings. The van der Waals surface area contributed by atoms with Crippen molar-refractivity contribution in [1.82, 2.24) is 9.80 Å². The number of nitrogens with zero attached hydrogens (tertiary/aromatic N) is 3. The van der Waals surface area contributed by atoms with E-state index in [0.717, 1.165) is 30.8 Å². The molecule has 0 spiro atoms. The maximum Gasteiger partial charge on any atom is 0.254 e. The molecule has 196 valence electrons. The highest BCUT2D eigenvalue weighted by molar-refractivity contribution is 6.30. The minimum absolute atomic E-state index is 0.0356. The minimum Gasteiger partial charge on any atom is -0.493 e. The molecule has 3 aromatic carbocycles. The zero-order chi connectivity index (χ0) is 26.4. The summed E-state index contributed by atoms with van der Waals surface area (Å²) in [7, 11) is 3.13. The van der Waals surface area contributed by atoms with Crippen LogP contribution >= 0.6 is 11.6 Å². The van der Waals surface area contributed by atoms with E-state index in [1.807, 2.05) is 52.3 Å². The smallest absolute Gasteiger partial charge is 0.254 e. The van der Waals surface area contributed by atoms with Gasteiger partial charge in [-0.25, -0.2) is 0 Å². The lowest BCUT2D eigenvalue weighted by Crippen LogP contribution is -2.54. The maximum absolute atomic E-state index is 14.4. The number of hydrogen-bond donors (Lipinski definition) is 0. The van der Waals surface area contributed by atoms with Crippen molar-refractivity contribution in [2.24, 2.45) is 0 Å². The van der Waals surface area contributed by atoms with Crippen molar-refractivity contribution in [3.8, 4) is 11.5 Å². The van der Waals surface area contributed by atoms with E-state index >= 15 is 0 Å². The van der Waals surface area contributed by atoms with E-state index in [2.05, 4.69) is 17.0 Å². The number of fused-ring (bicyclic) bond motifs is 4. The van der Waals surface area contributed by atoms with Crippen molar-refractivity contribution in [1.29, 1.82) is 0 Å². The summed E-state index contributed by atoms with van der Waals surface area (Å²) in [6.07, 6.45) is 0.766. The van der Waals surface area contributed by atoms with Crippen LogP contribution in [0.15, 0.2) is 60.7 Å². The summed E-state index contributed by atoms with van der Waals surface area (Å²) in [5, 5.41) is 0.706. The summed E-state index contributed by atoms with van der Waals surface area (Å²) < 4.78 is 11.1. The fourth-order valence-electron chi connectivity index (χ4n) is 6.15. The monoisotopic (exact) mass is 531 g/mol. The number of benzene rings is 3. The van der Waals surface area contributed by atoms with Crippen LogP contribution in [-0.4, -0.2) is 68.6 Å². The van der Waals surface area contributed by atoms with Crippen molar-refractivity contribution >= 4 is 29.1 Å². The normalized spacial score (nSPS) is 20.4. The SMILES string of the molecule is COc1cc2c(cc1OC)[C@@H](C(=O)N1CCN(c3ccc(Cl)cc3)CC1)[C@@H]1c3ccccc3CCN1C2=O. The number of ether oxygens (including phenoxy) is 2. The van der Waals surface area contributed by atoms with Gasteiger partial charge in [0.25, 0.3) is 5.91 Å². The van der Waals surface area contributed by atoms with Crippen molar-refractivity contribution in [2.75, 3.05) is 51.8 Å². The van der Waals surface area contributed by atoms with Crippen LogP contribution in [0.3, 0.4) is 0 Å². The summed E-state index contributed by atoms with van der Waals surface area (Å²) in [6, 6.07) is 19.2. The van der Waals surface area contributed by atoms with E-state index in [-0.39, 0.29) is 17.9 Å². The van der Waals surface area contributed by atoms with Crippen molar-refractivity contribution < 1.29 is 19.1 Å². The Bertz CT molecular complexity index is 1380. The van der Waals surface area contributed by atoms with Gasteiger partial charge in [-0.2, -0.15) is 0 Å². The Morgan fingerprint density at radius 3 is 2.26 bits per heavy atom. The van der Waals surface area contributed by atoms with Crippen LogP contribution in [0.4, 0.5) is 5.69 Å². The van der Waals surface area contributed by atoms with Gasteiger partial charge in [-0.05, 0) is 59.5 Å². The molecule has 7 nitrogen and oxygen atoms in total. The van der Waals surface area contributed by atoms with Gasteiger partial charge >= 0.3 is 0 Å². The summed E-state index contributed by atoms with van der Waals surface area (Å²) in [4.78, 5) is 34.3. The number of carbonyl (C=O) groups is 2. The third-order valence-electron chi connectivity index (χ3n) is 8.08. The Morgan fingerprint density at radius 1 is 0.868 bits per heavy atom. The van der Waals surface area contributed by atoms with E-state index in [4.69, 9.17) is 21.1 Å². The van der Waals surface area contributed by atoms with E-state index in [1.165, 1.54) is 5.56 Å². The van der Waals surface area contributed by atoms with Crippen molar-refractivity contribution in [3.63, 3.8) is 0 Å². The average molecular weight is 532 g/mol. The lowest BCUT2D eigenvalue weighted by molar-refractivity contribution is -0.135. The zero-order valence-electron chi connectivity index (χ0n) is 21.5. The van der Waals surface area contributed by atoms with Crippen molar-refractivity contribution in [3.05, 3.63) is 87.9 Å². The molecule has 3 heterocycles. The second-order valence-corrected chi connectivity index (χ2v) is 10.4. The molecule has 0 unspecified atom stereocenters. The standard InChI is InChI=1S/C30H30ClN3O4/c1-37-25-17-23-24(18-26(25)38-2)29(35)34-12-11-19-5-3-4-6-22(19)28(34)27(23)30(36)33-15-13-32(14-16-33)21-9-7-20(31)8-10-21/h3-10,17-18,27-28H,11-16H2,1-2H3/t27-,28+/m1/s1. The lowest BCUT2D eigenvalue weighted by atomic mass is 9.75. The summed E-state index contributed by atoms with van der Waals surface area (Å²) in [5.74, 6) is 0.428. The second-order valence-electron chi connectivity index (χ2n) is 9.95. The largest absolute Gasteiger partial charge is 0.493 e. The van der Waals surface area contributed by atoms with Gasteiger partial charge in [0.2, 0.25) is 5.91 Å². The van der Waals surface area contributed by atoms with Crippen LogP contribution in [0.2, 0.25) is 5.02 Å². The third kappa shape index (κ3) is 4.06. The molecule has 3 aliphatic rings. The molecular weight excluding hydrogens is 502 g/mol. The number of anilines is 1. The van der Waals surface area contributed by atoms with Crippen LogP contribution in [0.5, 0.6) is 11.5 Å². The quantitative estimate of drug-likeness (QED) is 0.494. The summed E-state index contributed by atoms with van der Waals surface area (Å²) >= 11 is 6.07. The molecule has 0 N–H and O–H groups in total. The number of methoxy groups -OCH3 is 2. The molecule has 8 heteroatoms. The molecule has 2 amide bonds. The van der Waals surface area contributed by atoms with Crippen LogP contribution in [-0.2, 0) is 11.2 Å². The summed E-state index contributed by atoms with van der Waals surface area (Å²) in [5.41, 5.74) is 4.55. The number of halogens is 1. The maximum atomic E-state index is 14.4. The highest BCUT2D eigenvalue weighted by atomic mass is 35.5. The molecule has 0 saturated carbocycles. The highest BCUT2D eigenvalue weighted by Gasteiger charge is 2.48. The Labute approximate surface area is 227 Å². The second kappa shape index (κ2) is 9.87. The summed E-state index contributed by atoms with van der Waals surface area (Å²) in [6.45, 7) is 3.22. The van der Waals surface area contributed by atoms with Gasteiger partial charge in [-0.15, -0.1) is 0 Å². The minimum atomic E-state index is -0.536. The molecule has 2 atom stereocenters. The lowest BCUT2D eigenvalue weighted by Gasteiger charge is -2.47. The molecular formula is C30H30ClN3O4. The predicted molar refractivity (Wildman–Crippen MR) is 146 cm³/mol. The Hall–Kier alpha value is -3.71. The number of carbonyl (C=O) groups excluding carboxylic acids is 2. The predicted octanol–water partition coefficient (Wildman–Crippen LogP) is 4.54. The van der Waals surface area contributed by atoms with Gasteiger partial charge in [0.15, 0.2) is 11.5 Å². The van der Waals surface area contributed by atoms with Gasteiger partial charge in [-0.1, -0.05) is 35.9 Å². The molecule has 6 rings (SSSR count). The van der Waals surface area contributed by atoms with Gasteiger partial charge < -0.3 is 24.2 Å². The first-order valence-electron chi connectivity index (χ1n) is 12.9. The first-order valence-corrected chi connectivity index (χ1v) is 13.3. The Morgan fingerprint density at radius 2 is 1.55 bits per heavy atom. The molecule has 0 bridgehead atoms. The fourth-order valence-corrected chi connectivity index (χ4v) is 6.28. The number of piperazine rings is 1. The number of hydrogen-bond acceptors (Lipinski definition) is 5. The number of rotatable bonds is 4. The van der Waals surface area contributed by atoms with Crippen molar-refractivity contribution in [2.45, 2.75) is 18.4 Å². The molecule has 1 saturated heterocycles. The highest BCUT2D eigenvalue weighted by Crippen LogP contribution is 2.49. The molecule has 3 aliphatic heterocycles. The average Bonchev–Trinajstić information content (AvgIpc) is 2.97. The topological polar surface area (TPSA) is 62.3 Å². The van der Waals surface area contributed by atoms with Gasteiger partial charge in [-0.3, -0.25) is 9.59 Å². The van der Waals surface area contributed by atoms with E-state index in [9.17, 15) is 9.59 Å². The van der Waals surface area contributed by atoms with E-state index < -0.39 is 5.92 Å². The zero-order valence-corrected chi connectivity index (χ0v) is 22.3. The molecule has 38 heavy (non-hydrogen) atoms. The Balaban J connectivity index is 1.38. The third-order valence-corrected chi connectivity index (χ3v) is 8.33. The van der Waals surface area contributed by atoms with Gasteiger partial charge in [0, 0.05) is 49.0 Å². The molecule has 1 fully saturated rings. The van der Waals surface area contributed by atoms with E-state index in [0.29, 0.717) is 47.3 Å². The van der Waals surface area contributed by atoms with Crippen LogP contribution in [0.25, 0.3) is 0 Å². The molecule has 0 radical (unpaired) electrons. The fraction of sp³-hybridized carbons (Fsp3) is 0.333. The first-order chi connectivity index (χ1) is 18.5. The van der Waals surface area contributed by atoms with Gasteiger partial charge in [0.1, 0.15) is 0 Å².